The molecule has 1 N–H and O–H groups in total. The van der Waals surface area contributed by atoms with E-state index >= 15 is 0 Å². The molecule has 8 heteroatoms. The third-order valence-electron chi connectivity index (χ3n) is 7.14. The second-order valence-corrected chi connectivity index (χ2v) is 11.9. The van der Waals surface area contributed by atoms with Gasteiger partial charge in [-0.1, -0.05) is 74.7 Å². The van der Waals surface area contributed by atoms with Gasteiger partial charge in [-0.25, -0.2) is 12.7 Å². The van der Waals surface area contributed by atoms with Crippen LogP contribution in [0.25, 0.3) is 0 Å². The number of hydrogen-bond acceptors (Lipinski definition) is 4. The van der Waals surface area contributed by atoms with Crippen LogP contribution in [0.15, 0.2) is 65.6 Å². The first-order valence-electron chi connectivity index (χ1n) is 13.5. The number of nitrogens with zero attached hydrogens (tertiary/aromatic N) is 2. The number of rotatable bonds is 13. The maximum atomic E-state index is 13.4. The van der Waals surface area contributed by atoms with E-state index < -0.39 is 16.1 Å². The summed E-state index contributed by atoms with van der Waals surface area (Å²) in [5, 5.41) is 3.20. The molecule has 2 amide bonds. The highest BCUT2D eigenvalue weighted by Crippen LogP contribution is 2.19. The minimum absolute atomic E-state index is 0.0837. The second-order valence-electron chi connectivity index (χ2n) is 9.83. The van der Waals surface area contributed by atoms with Crippen molar-refractivity contribution in [2.24, 2.45) is 0 Å². The fraction of sp³-hybridized carbons (Fsp3) is 0.517. The number of carbonyl (C=O) groups excluding carboxylic acids is 2. The molecule has 37 heavy (non-hydrogen) atoms. The van der Waals surface area contributed by atoms with Crippen molar-refractivity contribution in [2.45, 2.75) is 81.7 Å². The summed E-state index contributed by atoms with van der Waals surface area (Å²) in [5.41, 5.74) is 1.11. The molecule has 0 aliphatic heterocycles. The summed E-state index contributed by atoms with van der Waals surface area (Å²) in [4.78, 5) is 28.7. The van der Waals surface area contributed by atoms with Gasteiger partial charge in [0.1, 0.15) is 6.04 Å². The molecule has 0 radical (unpaired) electrons. The van der Waals surface area contributed by atoms with Gasteiger partial charge in [-0.3, -0.25) is 9.59 Å². The zero-order valence-corrected chi connectivity index (χ0v) is 23.0. The van der Waals surface area contributed by atoms with Crippen molar-refractivity contribution >= 4 is 21.8 Å². The molecule has 0 unspecified atom stereocenters. The normalized spacial score (nSPS) is 15.3. The van der Waals surface area contributed by atoms with Gasteiger partial charge in [0.2, 0.25) is 21.8 Å². The topological polar surface area (TPSA) is 86.8 Å². The molecule has 1 aliphatic carbocycles. The summed E-state index contributed by atoms with van der Waals surface area (Å²) < 4.78 is 26.9. The largest absolute Gasteiger partial charge is 0.352 e. The van der Waals surface area contributed by atoms with Crippen molar-refractivity contribution < 1.29 is 18.0 Å². The first-order chi connectivity index (χ1) is 17.8. The van der Waals surface area contributed by atoms with Crippen LogP contribution < -0.4 is 5.32 Å². The van der Waals surface area contributed by atoms with Crippen molar-refractivity contribution in [2.75, 3.05) is 20.1 Å². The van der Waals surface area contributed by atoms with Crippen molar-refractivity contribution in [3.63, 3.8) is 0 Å². The number of sulfonamides is 1. The first kappa shape index (κ1) is 28.9. The van der Waals surface area contributed by atoms with E-state index in [0.29, 0.717) is 25.8 Å². The zero-order chi connectivity index (χ0) is 26.7. The fourth-order valence-corrected chi connectivity index (χ4v) is 6.16. The molecule has 1 aliphatic rings. The summed E-state index contributed by atoms with van der Waals surface area (Å²) in [6, 6.07) is 17.9. The molecule has 0 bridgehead atoms. The Bertz CT molecular complexity index is 1090. The van der Waals surface area contributed by atoms with E-state index in [4.69, 9.17) is 0 Å². The lowest BCUT2D eigenvalue weighted by Crippen LogP contribution is -2.52. The third-order valence-corrected chi connectivity index (χ3v) is 9.01. The van der Waals surface area contributed by atoms with Gasteiger partial charge in [0.15, 0.2) is 0 Å². The number of amides is 2. The number of hydrogen-bond donors (Lipinski definition) is 1. The Labute approximate surface area is 222 Å². The molecule has 1 atom stereocenters. The summed E-state index contributed by atoms with van der Waals surface area (Å²) in [5.74, 6) is -0.202. The Morgan fingerprint density at radius 3 is 2.19 bits per heavy atom. The van der Waals surface area contributed by atoms with E-state index in [1.165, 1.54) is 17.8 Å². The smallest absolute Gasteiger partial charge is 0.243 e. The fourth-order valence-electron chi connectivity index (χ4n) is 4.93. The van der Waals surface area contributed by atoms with Gasteiger partial charge in [-0.15, -0.1) is 0 Å². The molecule has 0 heterocycles. The molecule has 2 aromatic carbocycles. The summed E-state index contributed by atoms with van der Waals surface area (Å²) in [6.45, 7) is 2.60. The molecule has 1 fully saturated rings. The molecule has 0 saturated heterocycles. The number of nitrogens with one attached hydrogen (secondary N) is 1. The van der Waals surface area contributed by atoms with Gasteiger partial charge in [-0.05, 0) is 49.8 Å². The molecular formula is C29H41N3O4S. The second kappa shape index (κ2) is 14.3. The first-order valence-corrected chi connectivity index (χ1v) is 14.9. The van der Waals surface area contributed by atoms with Gasteiger partial charge in [0, 0.05) is 32.6 Å². The van der Waals surface area contributed by atoms with Crippen LogP contribution in [0.2, 0.25) is 0 Å². The highest BCUT2D eigenvalue weighted by atomic mass is 32.2. The van der Waals surface area contributed by atoms with Gasteiger partial charge >= 0.3 is 0 Å². The lowest BCUT2D eigenvalue weighted by atomic mass is 9.95. The quantitative estimate of drug-likeness (QED) is 0.419. The SMILES string of the molecule is CC[C@@H](C(=O)NC1CCCCC1)N(CCc1ccccc1)C(=O)CCCN(C)S(=O)(=O)c1ccccc1. The Balaban J connectivity index is 1.65. The van der Waals surface area contributed by atoms with Crippen LogP contribution in [0, 0.1) is 0 Å². The Morgan fingerprint density at radius 1 is 0.946 bits per heavy atom. The lowest BCUT2D eigenvalue weighted by Gasteiger charge is -2.33. The molecule has 1 saturated carbocycles. The van der Waals surface area contributed by atoms with E-state index in [1.807, 2.05) is 37.3 Å². The Kier molecular flexibility index (Phi) is 11.1. The van der Waals surface area contributed by atoms with E-state index in [-0.39, 0.29) is 35.7 Å². The lowest BCUT2D eigenvalue weighted by molar-refractivity contribution is -0.141. The molecule has 0 aromatic heterocycles. The van der Waals surface area contributed by atoms with Crippen LogP contribution in [-0.4, -0.2) is 61.7 Å². The molecule has 202 valence electrons. The number of carbonyl (C=O) groups is 2. The van der Waals surface area contributed by atoms with Crippen LogP contribution >= 0.6 is 0 Å². The molecular weight excluding hydrogens is 486 g/mol. The molecule has 7 nitrogen and oxygen atoms in total. The van der Waals surface area contributed by atoms with Crippen molar-refractivity contribution in [3.8, 4) is 0 Å². The van der Waals surface area contributed by atoms with Crippen molar-refractivity contribution in [3.05, 3.63) is 66.2 Å². The van der Waals surface area contributed by atoms with Crippen molar-refractivity contribution in [1.29, 1.82) is 0 Å². The molecule has 2 aromatic rings. The maximum absolute atomic E-state index is 13.4. The Hall–Kier alpha value is -2.71. The van der Waals surface area contributed by atoms with Crippen LogP contribution in [0.1, 0.15) is 63.9 Å². The van der Waals surface area contributed by atoms with Gasteiger partial charge in [0.25, 0.3) is 0 Å². The van der Waals surface area contributed by atoms with Gasteiger partial charge < -0.3 is 10.2 Å². The van der Waals surface area contributed by atoms with Crippen LogP contribution in [0.4, 0.5) is 0 Å². The minimum Gasteiger partial charge on any atom is -0.352 e. The highest BCUT2D eigenvalue weighted by molar-refractivity contribution is 7.89. The van der Waals surface area contributed by atoms with Crippen molar-refractivity contribution in [1.82, 2.24) is 14.5 Å². The highest BCUT2D eigenvalue weighted by Gasteiger charge is 2.30. The predicted molar refractivity (Wildman–Crippen MR) is 146 cm³/mol. The average molecular weight is 528 g/mol. The minimum atomic E-state index is -3.61. The summed E-state index contributed by atoms with van der Waals surface area (Å²) in [7, 11) is -2.08. The molecule has 3 rings (SSSR count). The number of benzene rings is 2. The predicted octanol–water partition coefficient (Wildman–Crippen LogP) is 4.39. The third kappa shape index (κ3) is 8.40. The van der Waals surface area contributed by atoms with Gasteiger partial charge in [-0.2, -0.15) is 0 Å². The zero-order valence-electron chi connectivity index (χ0n) is 22.1. The van der Waals surface area contributed by atoms with Crippen LogP contribution in [0.3, 0.4) is 0 Å². The van der Waals surface area contributed by atoms with E-state index in [0.717, 1.165) is 31.2 Å². The van der Waals surface area contributed by atoms with E-state index in [2.05, 4.69) is 5.32 Å². The monoisotopic (exact) mass is 527 g/mol. The van der Waals surface area contributed by atoms with E-state index in [1.54, 1.807) is 35.2 Å². The average Bonchev–Trinajstić information content (AvgIpc) is 2.92. The maximum Gasteiger partial charge on any atom is 0.243 e. The van der Waals surface area contributed by atoms with Crippen LogP contribution in [0.5, 0.6) is 0 Å². The summed E-state index contributed by atoms with van der Waals surface area (Å²) in [6.07, 6.45) is 7.17. The van der Waals surface area contributed by atoms with E-state index in [9.17, 15) is 18.0 Å². The molecule has 0 spiro atoms. The standard InChI is InChI=1S/C29H41N3O4S/c1-3-27(29(34)30-25-16-9-5-10-17-25)32(23-21-24-14-7-4-8-15-24)28(33)20-13-22-31(2)37(35,36)26-18-11-6-12-19-26/h4,6-8,11-12,14-15,18-19,25,27H,3,5,9-10,13,16-17,20-23H2,1-2H3,(H,30,34)/t27-/m0/s1. The van der Waals surface area contributed by atoms with Crippen LogP contribution in [-0.2, 0) is 26.0 Å². The van der Waals surface area contributed by atoms with Gasteiger partial charge in [0.05, 0.1) is 4.90 Å². The summed E-state index contributed by atoms with van der Waals surface area (Å²) >= 11 is 0. The Morgan fingerprint density at radius 2 is 1.57 bits per heavy atom.